The van der Waals surface area contributed by atoms with Gasteiger partial charge in [-0.2, -0.15) is 0 Å². The number of rotatable bonds is 7. The Morgan fingerprint density at radius 1 is 1.39 bits per heavy atom. The zero-order chi connectivity index (χ0) is 13.5. The van der Waals surface area contributed by atoms with Crippen molar-refractivity contribution < 1.29 is 4.79 Å². The molecular weight excluding hydrogens is 246 g/mol. The average Bonchev–Trinajstić information content (AvgIpc) is 2.74. The third-order valence-corrected chi connectivity index (χ3v) is 3.92. The summed E-state index contributed by atoms with van der Waals surface area (Å²) in [5.74, 6) is -0.0723. The number of amides is 1. The first-order chi connectivity index (χ1) is 8.62. The SMILES string of the molecule is CCCNC(=O)c1sc(NC(CC)CC)cc1N. The standard InChI is InChI=1S/C13H23N3OS/c1-4-7-15-13(17)12-10(14)8-11(18-12)16-9(5-2)6-3/h8-9,16H,4-7,14H2,1-3H3,(H,15,17). The molecule has 0 aliphatic heterocycles. The van der Waals surface area contributed by atoms with E-state index in [1.807, 2.05) is 13.0 Å². The quantitative estimate of drug-likeness (QED) is 0.712. The molecule has 1 aromatic heterocycles. The Hall–Kier alpha value is -1.23. The molecule has 5 heteroatoms. The van der Waals surface area contributed by atoms with Crippen LogP contribution in [0.3, 0.4) is 0 Å². The van der Waals surface area contributed by atoms with Crippen LogP contribution in [0.5, 0.6) is 0 Å². The first kappa shape index (κ1) is 14.8. The second-order valence-electron chi connectivity index (χ2n) is 4.31. The van der Waals surface area contributed by atoms with Crippen LogP contribution in [0.4, 0.5) is 10.7 Å². The second-order valence-corrected chi connectivity index (χ2v) is 5.36. The molecule has 1 amide bonds. The predicted octanol–water partition coefficient (Wildman–Crippen LogP) is 3.07. The number of nitrogens with two attached hydrogens (primary N) is 1. The fourth-order valence-electron chi connectivity index (χ4n) is 1.67. The molecular formula is C13H23N3OS. The molecule has 0 spiro atoms. The molecule has 1 heterocycles. The number of anilines is 2. The van der Waals surface area contributed by atoms with Gasteiger partial charge >= 0.3 is 0 Å². The van der Waals surface area contributed by atoms with Crippen LogP contribution in [0, 0.1) is 0 Å². The van der Waals surface area contributed by atoms with Gasteiger partial charge in [-0.3, -0.25) is 4.79 Å². The summed E-state index contributed by atoms with van der Waals surface area (Å²) in [5, 5.41) is 7.23. The molecule has 0 bridgehead atoms. The maximum Gasteiger partial charge on any atom is 0.263 e. The fraction of sp³-hybridized carbons (Fsp3) is 0.615. The maximum atomic E-state index is 11.9. The average molecular weight is 269 g/mol. The molecule has 0 atom stereocenters. The third-order valence-electron chi connectivity index (χ3n) is 2.83. The predicted molar refractivity (Wildman–Crippen MR) is 79.3 cm³/mol. The highest BCUT2D eigenvalue weighted by Crippen LogP contribution is 2.30. The van der Waals surface area contributed by atoms with Gasteiger partial charge in [0.05, 0.1) is 10.7 Å². The number of hydrogen-bond acceptors (Lipinski definition) is 4. The van der Waals surface area contributed by atoms with Crippen LogP contribution in [0.1, 0.15) is 49.7 Å². The lowest BCUT2D eigenvalue weighted by Gasteiger charge is -2.13. The fourth-order valence-corrected chi connectivity index (χ4v) is 2.64. The monoisotopic (exact) mass is 269 g/mol. The Morgan fingerprint density at radius 3 is 2.61 bits per heavy atom. The topological polar surface area (TPSA) is 67.2 Å². The van der Waals surface area contributed by atoms with Crippen LogP contribution in [-0.4, -0.2) is 18.5 Å². The first-order valence-corrected chi connectivity index (χ1v) is 7.37. The van der Waals surface area contributed by atoms with E-state index in [0.717, 1.165) is 24.3 Å². The molecule has 1 rings (SSSR count). The largest absolute Gasteiger partial charge is 0.397 e. The van der Waals surface area contributed by atoms with Crippen LogP contribution >= 0.6 is 11.3 Å². The van der Waals surface area contributed by atoms with Crippen molar-refractivity contribution in [1.29, 1.82) is 0 Å². The summed E-state index contributed by atoms with van der Waals surface area (Å²) in [6, 6.07) is 2.29. The van der Waals surface area contributed by atoms with Crippen LogP contribution in [0.2, 0.25) is 0 Å². The van der Waals surface area contributed by atoms with Gasteiger partial charge in [-0.05, 0) is 25.3 Å². The van der Waals surface area contributed by atoms with E-state index in [2.05, 4.69) is 24.5 Å². The molecule has 0 saturated heterocycles. The van der Waals surface area contributed by atoms with Crippen molar-refractivity contribution >= 4 is 27.9 Å². The number of carbonyl (C=O) groups excluding carboxylic acids is 1. The minimum atomic E-state index is -0.0723. The van der Waals surface area contributed by atoms with E-state index in [-0.39, 0.29) is 5.91 Å². The molecule has 0 aromatic carbocycles. The molecule has 0 aliphatic rings. The lowest BCUT2D eigenvalue weighted by atomic mass is 10.2. The van der Waals surface area contributed by atoms with Crippen LogP contribution < -0.4 is 16.4 Å². The molecule has 0 fully saturated rings. The number of nitrogen functional groups attached to an aromatic ring is 1. The van der Waals surface area contributed by atoms with Gasteiger partial charge in [-0.1, -0.05) is 20.8 Å². The molecule has 4 nitrogen and oxygen atoms in total. The van der Waals surface area contributed by atoms with Gasteiger partial charge in [0.1, 0.15) is 4.88 Å². The molecule has 1 aromatic rings. The number of hydrogen-bond donors (Lipinski definition) is 3. The zero-order valence-electron chi connectivity index (χ0n) is 11.4. The Balaban J connectivity index is 2.71. The van der Waals surface area contributed by atoms with Gasteiger partial charge < -0.3 is 16.4 Å². The number of nitrogens with one attached hydrogen (secondary N) is 2. The summed E-state index contributed by atoms with van der Waals surface area (Å²) >= 11 is 1.43. The maximum absolute atomic E-state index is 11.9. The number of thiophene rings is 1. The van der Waals surface area contributed by atoms with Crippen molar-refractivity contribution in [3.8, 4) is 0 Å². The van der Waals surface area contributed by atoms with E-state index in [1.165, 1.54) is 11.3 Å². The normalized spacial score (nSPS) is 10.7. The van der Waals surface area contributed by atoms with Crippen LogP contribution in [-0.2, 0) is 0 Å². The lowest BCUT2D eigenvalue weighted by Crippen LogP contribution is -2.23. The molecule has 0 aliphatic carbocycles. The molecule has 102 valence electrons. The molecule has 4 N–H and O–H groups in total. The second kappa shape index (κ2) is 7.26. The summed E-state index contributed by atoms with van der Waals surface area (Å²) in [4.78, 5) is 12.5. The van der Waals surface area contributed by atoms with Crippen LogP contribution in [0.15, 0.2) is 6.07 Å². The Morgan fingerprint density at radius 2 is 2.06 bits per heavy atom. The summed E-state index contributed by atoms with van der Waals surface area (Å²) in [6.07, 6.45) is 3.05. The smallest absolute Gasteiger partial charge is 0.263 e. The number of carbonyl (C=O) groups is 1. The van der Waals surface area contributed by atoms with E-state index in [1.54, 1.807) is 0 Å². The van der Waals surface area contributed by atoms with Crippen molar-refractivity contribution in [3.05, 3.63) is 10.9 Å². The van der Waals surface area contributed by atoms with E-state index < -0.39 is 0 Å². The summed E-state index contributed by atoms with van der Waals surface area (Å²) in [7, 11) is 0. The van der Waals surface area contributed by atoms with E-state index in [9.17, 15) is 4.79 Å². The van der Waals surface area contributed by atoms with Crippen molar-refractivity contribution in [2.24, 2.45) is 0 Å². The van der Waals surface area contributed by atoms with E-state index in [0.29, 0.717) is 23.2 Å². The highest BCUT2D eigenvalue weighted by Gasteiger charge is 2.15. The van der Waals surface area contributed by atoms with Gasteiger partial charge in [0, 0.05) is 12.6 Å². The van der Waals surface area contributed by atoms with Crippen molar-refractivity contribution in [1.82, 2.24) is 5.32 Å². The van der Waals surface area contributed by atoms with Gasteiger partial charge in [0.15, 0.2) is 0 Å². The zero-order valence-corrected chi connectivity index (χ0v) is 12.2. The summed E-state index contributed by atoms with van der Waals surface area (Å²) in [5.41, 5.74) is 6.44. The molecule has 0 radical (unpaired) electrons. The van der Waals surface area contributed by atoms with Gasteiger partial charge in [-0.15, -0.1) is 11.3 Å². The summed E-state index contributed by atoms with van der Waals surface area (Å²) < 4.78 is 0. The van der Waals surface area contributed by atoms with Crippen molar-refractivity contribution in [2.45, 2.75) is 46.1 Å². The Bertz CT molecular complexity index is 386. The minimum Gasteiger partial charge on any atom is -0.397 e. The highest BCUT2D eigenvalue weighted by molar-refractivity contribution is 7.18. The Labute approximate surface area is 113 Å². The molecule has 18 heavy (non-hydrogen) atoms. The van der Waals surface area contributed by atoms with E-state index >= 15 is 0 Å². The Kier molecular flexibility index (Phi) is 5.98. The van der Waals surface area contributed by atoms with E-state index in [4.69, 9.17) is 5.73 Å². The lowest BCUT2D eigenvalue weighted by molar-refractivity contribution is 0.0958. The molecule has 0 unspecified atom stereocenters. The summed E-state index contributed by atoms with van der Waals surface area (Å²) in [6.45, 7) is 7.00. The van der Waals surface area contributed by atoms with Gasteiger partial charge in [-0.25, -0.2) is 0 Å². The van der Waals surface area contributed by atoms with Gasteiger partial charge in [0.25, 0.3) is 5.91 Å². The van der Waals surface area contributed by atoms with Gasteiger partial charge in [0.2, 0.25) is 0 Å². The third kappa shape index (κ3) is 3.91. The highest BCUT2D eigenvalue weighted by atomic mass is 32.1. The minimum absolute atomic E-state index is 0.0723. The first-order valence-electron chi connectivity index (χ1n) is 6.56. The van der Waals surface area contributed by atoms with Crippen LogP contribution in [0.25, 0.3) is 0 Å². The van der Waals surface area contributed by atoms with Crippen molar-refractivity contribution in [3.63, 3.8) is 0 Å². The molecule has 0 saturated carbocycles. The van der Waals surface area contributed by atoms with Crippen molar-refractivity contribution in [2.75, 3.05) is 17.6 Å².